The van der Waals surface area contributed by atoms with Crippen molar-refractivity contribution in [1.82, 2.24) is 14.5 Å². The van der Waals surface area contributed by atoms with Crippen LogP contribution < -0.4 is 10.5 Å². The van der Waals surface area contributed by atoms with Gasteiger partial charge in [-0.05, 0) is 30.0 Å². The number of aliphatic hydroxyl groups excluding tert-OH is 2. The Morgan fingerprint density at radius 1 is 1.22 bits per heavy atom. The van der Waals surface area contributed by atoms with Crippen molar-refractivity contribution in [3.8, 4) is 0 Å². The Labute approximate surface area is 184 Å². The fourth-order valence-corrected chi connectivity index (χ4v) is 4.75. The highest BCUT2D eigenvalue weighted by atomic mass is 32.2. The first-order valence-electron chi connectivity index (χ1n) is 10.2. The van der Waals surface area contributed by atoms with Gasteiger partial charge in [-0.25, -0.2) is 15.1 Å². The number of hydrogen-bond donors (Lipinski definition) is 4. The van der Waals surface area contributed by atoms with Crippen molar-refractivity contribution in [2.24, 2.45) is 5.14 Å². The molecule has 170 valence electrons. The van der Waals surface area contributed by atoms with E-state index in [0.29, 0.717) is 11.5 Å². The topological polar surface area (TPSA) is 162 Å². The van der Waals surface area contributed by atoms with Crippen molar-refractivity contribution in [3.05, 3.63) is 54.0 Å². The number of rotatable bonds is 6. The van der Waals surface area contributed by atoms with Crippen molar-refractivity contribution in [1.29, 1.82) is 0 Å². The van der Waals surface area contributed by atoms with Crippen molar-refractivity contribution < 1.29 is 27.6 Å². The molecule has 11 nitrogen and oxygen atoms in total. The Hall–Kier alpha value is -2.61. The maximum atomic E-state index is 11.0. The second-order valence-electron chi connectivity index (χ2n) is 7.94. The molecule has 2 aliphatic rings. The molecule has 0 unspecified atom stereocenters. The number of nitrogens with two attached hydrogens (primary N) is 1. The molecule has 5 atom stereocenters. The van der Waals surface area contributed by atoms with Crippen LogP contribution in [0.15, 0.2) is 42.9 Å². The first-order valence-corrected chi connectivity index (χ1v) is 11.6. The number of nitrogens with one attached hydrogen (secondary N) is 1. The lowest BCUT2D eigenvalue weighted by Gasteiger charge is -2.18. The average Bonchev–Trinajstić information content (AvgIpc) is 3.44. The molecule has 5 N–H and O–H groups in total. The molecule has 0 bridgehead atoms. The summed E-state index contributed by atoms with van der Waals surface area (Å²) < 4.78 is 33.9. The number of aryl methyl sites for hydroxylation is 1. The van der Waals surface area contributed by atoms with Gasteiger partial charge in [-0.2, -0.15) is 8.42 Å². The van der Waals surface area contributed by atoms with Crippen LogP contribution >= 0.6 is 0 Å². The van der Waals surface area contributed by atoms with Crippen LogP contribution in [0.1, 0.15) is 29.8 Å². The minimum absolute atomic E-state index is 0.127. The zero-order valence-electron chi connectivity index (χ0n) is 16.9. The summed E-state index contributed by atoms with van der Waals surface area (Å²) in [6.07, 6.45) is 0.268. The molecule has 1 fully saturated rings. The van der Waals surface area contributed by atoms with E-state index in [0.717, 1.165) is 18.2 Å². The van der Waals surface area contributed by atoms with Crippen molar-refractivity contribution >= 4 is 27.2 Å². The summed E-state index contributed by atoms with van der Waals surface area (Å²) in [5, 5.41) is 29.8. The van der Waals surface area contributed by atoms with Gasteiger partial charge in [-0.1, -0.05) is 24.3 Å². The first kappa shape index (κ1) is 21.2. The molecule has 5 rings (SSSR count). The molecule has 2 aromatic heterocycles. The minimum atomic E-state index is -4.21. The number of ether oxygens (including phenoxy) is 1. The second-order valence-corrected chi connectivity index (χ2v) is 9.16. The van der Waals surface area contributed by atoms with Crippen LogP contribution in [0.25, 0.3) is 11.0 Å². The Balaban J connectivity index is 1.40. The Morgan fingerprint density at radius 2 is 2.03 bits per heavy atom. The molecule has 1 aliphatic carbocycles. The highest BCUT2D eigenvalue weighted by Crippen LogP contribution is 2.36. The van der Waals surface area contributed by atoms with Gasteiger partial charge in [0.05, 0.1) is 18.0 Å². The molecule has 12 heteroatoms. The third kappa shape index (κ3) is 3.85. The minimum Gasteiger partial charge on any atom is -0.387 e. The van der Waals surface area contributed by atoms with E-state index in [1.54, 1.807) is 16.8 Å². The van der Waals surface area contributed by atoms with Crippen LogP contribution in [0.3, 0.4) is 0 Å². The van der Waals surface area contributed by atoms with Gasteiger partial charge in [0.25, 0.3) is 0 Å². The third-order valence-electron chi connectivity index (χ3n) is 5.96. The van der Waals surface area contributed by atoms with Crippen LogP contribution in [0.4, 0.5) is 5.82 Å². The van der Waals surface area contributed by atoms with Crippen molar-refractivity contribution in [2.45, 2.75) is 43.4 Å². The molecule has 3 aromatic rings. The lowest BCUT2D eigenvalue weighted by atomic mass is 10.1. The van der Waals surface area contributed by atoms with Gasteiger partial charge in [-0.15, -0.1) is 0 Å². The van der Waals surface area contributed by atoms with Gasteiger partial charge in [0, 0.05) is 6.20 Å². The summed E-state index contributed by atoms with van der Waals surface area (Å²) in [6, 6.07) is 10.2. The smallest absolute Gasteiger partial charge is 0.333 e. The van der Waals surface area contributed by atoms with Gasteiger partial charge in [0.15, 0.2) is 6.23 Å². The van der Waals surface area contributed by atoms with E-state index in [1.807, 2.05) is 12.1 Å². The predicted octanol–water partition coefficient (Wildman–Crippen LogP) is 0.370. The van der Waals surface area contributed by atoms with Crippen LogP contribution in [-0.2, 0) is 25.6 Å². The fourth-order valence-electron chi connectivity index (χ4n) is 4.42. The van der Waals surface area contributed by atoms with E-state index in [1.165, 1.54) is 17.5 Å². The molecular weight excluding hydrogens is 438 g/mol. The third-order valence-corrected chi connectivity index (χ3v) is 6.43. The highest BCUT2D eigenvalue weighted by Gasteiger charge is 2.44. The molecule has 0 saturated carbocycles. The van der Waals surface area contributed by atoms with Crippen molar-refractivity contribution in [2.75, 3.05) is 11.9 Å². The number of aromatic nitrogens is 3. The molecule has 1 saturated heterocycles. The van der Waals surface area contributed by atoms with Gasteiger partial charge in [0.1, 0.15) is 36.1 Å². The van der Waals surface area contributed by atoms with Gasteiger partial charge < -0.3 is 24.8 Å². The SMILES string of the molecule is NS(=O)(=O)OC[C@H]1O[C@@H](n2ccc3c(N[C@@H]4CCc5ccccc54)ncnc32)[C@H](O)[C@@H]1O. The molecule has 3 heterocycles. The predicted molar refractivity (Wildman–Crippen MR) is 114 cm³/mol. The lowest BCUT2D eigenvalue weighted by Crippen LogP contribution is -2.35. The zero-order valence-corrected chi connectivity index (χ0v) is 17.7. The van der Waals surface area contributed by atoms with Gasteiger partial charge in [0.2, 0.25) is 0 Å². The quantitative estimate of drug-likeness (QED) is 0.406. The number of aliphatic hydroxyl groups is 2. The zero-order chi connectivity index (χ0) is 22.5. The van der Waals surface area contributed by atoms with E-state index in [4.69, 9.17) is 9.88 Å². The van der Waals surface area contributed by atoms with Gasteiger partial charge >= 0.3 is 10.3 Å². The standard InChI is InChI=1S/C20H23N5O6S/c21-32(28,29)30-9-15-16(26)17(27)20(31-15)25-8-7-13-18(22-10-23-19(13)25)24-14-6-5-11-3-1-2-4-12(11)14/h1-4,7-8,10,14-17,20,26-27H,5-6,9H2,(H2,21,28,29)(H,22,23,24)/t14-,15-,16-,17-,20-/m1/s1. The summed E-state index contributed by atoms with van der Waals surface area (Å²) in [4.78, 5) is 8.73. The van der Waals surface area contributed by atoms with Crippen LogP contribution in [0.5, 0.6) is 0 Å². The first-order chi connectivity index (χ1) is 15.3. The molecular formula is C20H23N5O6S. The largest absolute Gasteiger partial charge is 0.387 e. The monoisotopic (exact) mass is 461 g/mol. The maximum absolute atomic E-state index is 11.0. The Kier molecular flexibility index (Phi) is 5.35. The van der Waals surface area contributed by atoms with E-state index in [9.17, 15) is 18.6 Å². The number of nitrogens with zero attached hydrogens (tertiary/aromatic N) is 3. The molecule has 1 aliphatic heterocycles. The van der Waals surface area contributed by atoms with Crippen LogP contribution in [0.2, 0.25) is 0 Å². The summed E-state index contributed by atoms with van der Waals surface area (Å²) in [7, 11) is -4.21. The molecule has 1 aromatic carbocycles. The number of benzene rings is 1. The van der Waals surface area contributed by atoms with E-state index in [-0.39, 0.29) is 6.04 Å². The summed E-state index contributed by atoms with van der Waals surface area (Å²) in [5.74, 6) is 0.651. The Bertz CT molecular complexity index is 1250. The second kappa shape index (κ2) is 8.06. The van der Waals surface area contributed by atoms with E-state index >= 15 is 0 Å². The normalized spacial score (nSPS) is 27.7. The molecule has 32 heavy (non-hydrogen) atoms. The maximum Gasteiger partial charge on any atom is 0.333 e. The molecule has 0 spiro atoms. The van der Waals surface area contributed by atoms with E-state index in [2.05, 4.69) is 31.6 Å². The highest BCUT2D eigenvalue weighted by molar-refractivity contribution is 7.84. The number of anilines is 1. The van der Waals surface area contributed by atoms with E-state index < -0.39 is 41.5 Å². The molecule has 0 amide bonds. The summed E-state index contributed by atoms with van der Waals surface area (Å²) in [6.45, 7) is -0.518. The summed E-state index contributed by atoms with van der Waals surface area (Å²) >= 11 is 0. The molecule has 0 radical (unpaired) electrons. The fraction of sp³-hybridized carbons (Fsp3) is 0.400. The van der Waals surface area contributed by atoms with Crippen LogP contribution in [-0.4, -0.2) is 58.1 Å². The number of fused-ring (bicyclic) bond motifs is 2. The van der Waals surface area contributed by atoms with Gasteiger partial charge in [-0.3, -0.25) is 4.18 Å². The summed E-state index contributed by atoms with van der Waals surface area (Å²) in [5.41, 5.74) is 3.06. The average molecular weight is 462 g/mol. The number of hydrogen-bond acceptors (Lipinski definition) is 9. The lowest BCUT2D eigenvalue weighted by molar-refractivity contribution is -0.0464. The Morgan fingerprint density at radius 3 is 2.84 bits per heavy atom. The van der Waals surface area contributed by atoms with Crippen LogP contribution in [0, 0.1) is 0 Å². The van der Waals surface area contributed by atoms with Crippen molar-refractivity contribution in [3.63, 3.8) is 0 Å².